The zero-order chi connectivity index (χ0) is 24.2. The van der Waals surface area contributed by atoms with Gasteiger partial charge < -0.3 is 10.0 Å². The molecule has 0 bridgehead atoms. The number of rotatable bonds is 7. The number of fused-ring (bicyclic) bond motifs is 2. The van der Waals surface area contributed by atoms with Crippen molar-refractivity contribution in [2.24, 2.45) is 0 Å². The number of hydrogen-bond acceptors (Lipinski definition) is 3. The van der Waals surface area contributed by atoms with Crippen LogP contribution in [0.3, 0.4) is 0 Å². The quantitative estimate of drug-likeness (QED) is 0.309. The summed E-state index contributed by atoms with van der Waals surface area (Å²) < 4.78 is 2.25. The van der Waals surface area contributed by atoms with Gasteiger partial charge >= 0.3 is 5.97 Å². The number of carbonyl (C=O) groups is 1. The van der Waals surface area contributed by atoms with Crippen molar-refractivity contribution >= 4 is 40.4 Å². The van der Waals surface area contributed by atoms with Crippen LogP contribution in [0.2, 0.25) is 0 Å². The van der Waals surface area contributed by atoms with Gasteiger partial charge in [-0.3, -0.25) is 4.79 Å². The molecule has 0 spiro atoms. The van der Waals surface area contributed by atoms with E-state index in [-0.39, 0.29) is 6.54 Å². The van der Waals surface area contributed by atoms with E-state index < -0.39 is 5.97 Å². The van der Waals surface area contributed by atoms with Crippen LogP contribution < -0.4 is 9.47 Å². The van der Waals surface area contributed by atoms with Crippen LogP contribution in [0.1, 0.15) is 37.0 Å². The molecule has 2 aromatic carbocycles. The predicted molar refractivity (Wildman–Crippen MR) is 142 cm³/mol. The van der Waals surface area contributed by atoms with Gasteiger partial charge in [-0.25, -0.2) is 0 Å². The highest BCUT2D eigenvalue weighted by Crippen LogP contribution is 2.47. The number of carboxylic acids is 1. The largest absolute Gasteiger partial charge is 0.480 e. The van der Waals surface area contributed by atoms with Crippen molar-refractivity contribution < 1.29 is 14.5 Å². The number of benzene rings is 2. The minimum atomic E-state index is -0.836. The zero-order valence-electron chi connectivity index (χ0n) is 20.2. The van der Waals surface area contributed by atoms with E-state index in [4.69, 9.17) is 0 Å². The number of allylic oxidation sites excluding steroid dienone is 4. The first-order valence-corrected chi connectivity index (χ1v) is 12.5. The third-order valence-corrected chi connectivity index (χ3v) is 7.38. The van der Waals surface area contributed by atoms with Gasteiger partial charge in [-0.1, -0.05) is 49.0 Å². The lowest BCUT2D eigenvalue weighted by Crippen LogP contribution is -2.32. The summed E-state index contributed by atoms with van der Waals surface area (Å²) in [5.41, 5.74) is 6.96. The third-order valence-electron chi connectivity index (χ3n) is 6.26. The van der Waals surface area contributed by atoms with E-state index in [1.54, 1.807) is 11.8 Å². The summed E-state index contributed by atoms with van der Waals surface area (Å²) in [6.45, 7) is 9.34. The number of nitrogens with zero attached hydrogens (tertiary/aromatic N) is 2. The van der Waals surface area contributed by atoms with E-state index >= 15 is 0 Å². The van der Waals surface area contributed by atoms with Crippen LogP contribution in [0, 0.1) is 13.8 Å². The van der Waals surface area contributed by atoms with Crippen LogP contribution in [0.5, 0.6) is 0 Å². The second kappa shape index (κ2) is 10.3. The van der Waals surface area contributed by atoms with E-state index in [2.05, 4.69) is 105 Å². The van der Waals surface area contributed by atoms with Crippen molar-refractivity contribution in [3.05, 3.63) is 94.2 Å². The molecule has 4 nitrogen and oxygen atoms in total. The average molecular weight is 472 g/mol. The van der Waals surface area contributed by atoms with Gasteiger partial charge in [-0.05, 0) is 73.7 Å². The standard InChI is InChI=1S/C29H30N2O2S/c1-5-22(11-13-23-15-16-30(6-2)25-10-8-7-9-24(23)25)12-14-28-31(19-29(32)33)26-17-20(3)21(4)18-27(26)34-28/h7-18H,5-6,19H2,1-4H3/p+1. The van der Waals surface area contributed by atoms with Gasteiger partial charge in [0.1, 0.15) is 13.1 Å². The minimum absolute atomic E-state index is 0.0487. The molecule has 2 heterocycles. The number of thioether (sulfide) groups is 1. The molecule has 0 saturated carbocycles. The van der Waals surface area contributed by atoms with E-state index in [1.807, 2.05) is 4.90 Å². The topological polar surface area (TPSA) is 44.4 Å². The third kappa shape index (κ3) is 4.95. The Morgan fingerprint density at radius 3 is 2.62 bits per heavy atom. The van der Waals surface area contributed by atoms with Crippen molar-refractivity contribution in [2.45, 2.75) is 45.6 Å². The van der Waals surface area contributed by atoms with Crippen LogP contribution in [0.4, 0.5) is 5.69 Å². The number of aliphatic carboxylic acids is 1. The monoisotopic (exact) mass is 471 g/mol. The number of hydrogen-bond donors (Lipinski definition) is 1. The fourth-order valence-corrected chi connectivity index (χ4v) is 5.32. The number of carboxylic acid groups (broad SMARTS) is 1. The van der Waals surface area contributed by atoms with Gasteiger partial charge in [-0.15, -0.1) is 0 Å². The second-order valence-electron chi connectivity index (χ2n) is 8.49. The molecule has 1 aliphatic rings. The molecule has 0 aliphatic carbocycles. The van der Waals surface area contributed by atoms with Crippen LogP contribution in [-0.4, -0.2) is 17.6 Å². The molecule has 174 valence electrons. The van der Waals surface area contributed by atoms with Gasteiger partial charge in [0, 0.05) is 17.0 Å². The Labute approximate surface area is 205 Å². The van der Waals surface area contributed by atoms with Crippen LogP contribution >= 0.6 is 11.8 Å². The van der Waals surface area contributed by atoms with E-state index in [9.17, 15) is 9.90 Å². The molecular weight excluding hydrogens is 440 g/mol. The highest BCUT2D eigenvalue weighted by atomic mass is 32.2. The lowest BCUT2D eigenvalue weighted by Gasteiger charge is -2.18. The maximum atomic E-state index is 11.6. The number of aromatic nitrogens is 1. The second-order valence-corrected chi connectivity index (χ2v) is 9.56. The van der Waals surface area contributed by atoms with Crippen LogP contribution in [-0.2, 0) is 11.3 Å². The SMILES string of the molecule is CCC(C=Cc1cc[n+](CC)c2ccccc12)=CC=C1Sc2cc(C)c(C)cc2N1CC(=O)O. The summed E-state index contributed by atoms with van der Waals surface area (Å²) in [7, 11) is 0. The molecule has 0 saturated heterocycles. The molecular formula is C29H31N2O2S+. The molecule has 1 aliphatic heterocycles. The minimum Gasteiger partial charge on any atom is -0.480 e. The first-order valence-electron chi connectivity index (χ1n) is 11.7. The molecule has 4 rings (SSSR count). The maximum absolute atomic E-state index is 11.6. The van der Waals surface area contributed by atoms with Gasteiger partial charge in [0.25, 0.3) is 0 Å². The van der Waals surface area contributed by atoms with Crippen LogP contribution in [0.15, 0.2) is 82.4 Å². The van der Waals surface area contributed by atoms with E-state index in [0.717, 1.165) is 28.6 Å². The Kier molecular flexibility index (Phi) is 7.23. The fraction of sp³-hybridized carbons (Fsp3) is 0.241. The Morgan fingerprint density at radius 2 is 1.88 bits per heavy atom. The van der Waals surface area contributed by atoms with Crippen molar-refractivity contribution in [1.82, 2.24) is 0 Å². The Hall–Kier alpha value is -3.31. The van der Waals surface area contributed by atoms with E-state index in [1.165, 1.54) is 33.2 Å². The smallest absolute Gasteiger partial charge is 0.323 e. The molecule has 3 aromatic rings. The zero-order valence-corrected chi connectivity index (χ0v) is 21.0. The number of para-hydroxylation sites is 1. The molecule has 1 N–H and O–H groups in total. The summed E-state index contributed by atoms with van der Waals surface area (Å²) in [6.07, 6.45) is 11.5. The average Bonchev–Trinajstić information content (AvgIpc) is 3.14. The lowest BCUT2D eigenvalue weighted by atomic mass is 10.1. The summed E-state index contributed by atoms with van der Waals surface area (Å²) in [4.78, 5) is 14.6. The van der Waals surface area contributed by atoms with Gasteiger partial charge in [-0.2, -0.15) is 4.57 Å². The Balaban J connectivity index is 1.65. The fourth-order valence-electron chi connectivity index (χ4n) is 4.17. The molecule has 0 fully saturated rings. The number of pyridine rings is 1. The summed E-state index contributed by atoms with van der Waals surface area (Å²) >= 11 is 1.63. The molecule has 0 unspecified atom stereocenters. The summed E-state index contributed by atoms with van der Waals surface area (Å²) in [5, 5.41) is 11.7. The lowest BCUT2D eigenvalue weighted by molar-refractivity contribution is -0.667. The first kappa shape index (κ1) is 23.8. The molecule has 5 heteroatoms. The van der Waals surface area contributed by atoms with E-state index in [0.29, 0.717) is 0 Å². The number of aryl methyl sites for hydroxylation is 3. The molecule has 1 aromatic heterocycles. The Morgan fingerprint density at radius 1 is 1.12 bits per heavy atom. The Bertz CT molecular complexity index is 1340. The highest BCUT2D eigenvalue weighted by molar-refractivity contribution is 8.03. The molecule has 0 amide bonds. The van der Waals surface area contributed by atoms with Crippen molar-refractivity contribution in [2.75, 3.05) is 11.4 Å². The predicted octanol–water partition coefficient (Wildman–Crippen LogP) is 6.65. The van der Waals surface area contributed by atoms with Crippen LogP contribution in [0.25, 0.3) is 17.0 Å². The normalized spacial score (nSPS) is 15.0. The molecule has 34 heavy (non-hydrogen) atoms. The first-order chi connectivity index (χ1) is 16.4. The highest BCUT2D eigenvalue weighted by Gasteiger charge is 2.27. The van der Waals surface area contributed by atoms with Crippen molar-refractivity contribution in [3.8, 4) is 0 Å². The van der Waals surface area contributed by atoms with Gasteiger partial charge in [0.15, 0.2) is 6.20 Å². The molecule has 0 radical (unpaired) electrons. The summed E-state index contributed by atoms with van der Waals surface area (Å²) in [6, 6.07) is 14.9. The van der Waals surface area contributed by atoms with Gasteiger partial charge in [0.2, 0.25) is 5.52 Å². The maximum Gasteiger partial charge on any atom is 0.323 e. The van der Waals surface area contributed by atoms with Gasteiger partial charge in [0.05, 0.1) is 16.1 Å². The molecule has 0 atom stereocenters. The van der Waals surface area contributed by atoms with Crippen molar-refractivity contribution in [1.29, 1.82) is 0 Å². The summed E-state index contributed by atoms with van der Waals surface area (Å²) in [5.74, 6) is -0.836. The number of anilines is 1. The van der Waals surface area contributed by atoms with Crippen molar-refractivity contribution in [3.63, 3.8) is 0 Å².